The number of para-hydroxylation sites is 2. The predicted molar refractivity (Wildman–Crippen MR) is 72.5 cm³/mol. The van der Waals surface area contributed by atoms with E-state index >= 15 is 0 Å². The number of rotatable bonds is 4. The Kier molecular flexibility index (Phi) is 4.67. The van der Waals surface area contributed by atoms with Gasteiger partial charge >= 0.3 is 6.09 Å². The number of carbonyl (C=O) groups excluding carboxylic acids is 1. The van der Waals surface area contributed by atoms with Gasteiger partial charge < -0.3 is 9.94 Å². The van der Waals surface area contributed by atoms with Gasteiger partial charge in [0.2, 0.25) is 0 Å². The molecule has 0 heterocycles. The molecule has 0 saturated carbocycles. The fraction of sp³-hybridized carbons (Fsp3) is 0.0714. The Morgan fingerprint density at radius 3 is 2.50 bits per heavy atom. The summed E-state index contributed by atoms with van der Waals surface area (Å²) in [6.45, 7) is -0.0961. The van der Waals surface area contributed by atoms with Crippen LogP contribution < -0.4 is 10.5 Å². The van der Waals surface area contributed by atoms with Crippen molar-refractivity contribution in [1.82, 2.24) is 0 Å². The first-order valence-electron chi connectivity index (χ1n) is 5.97. The van der Waals surface area contributed by atoms with Crippen molar-refractivity contribution in [3.05, 3.63) is 65.4 Å². The van der Waals surface area contributed by atoms with Crippen LogP contribution in [0.2, 0.25) is 0 Å². The minimum absolute atomic E-state index is 0.0961. The van der Waals surface area contributed by atoms with Crippen molar-refractivity contribution in [3.8, 4) is 0 Å². The maximum Gasteiger partial charge on any atom is 0.411 e. The summed E-state index contributed by atoms with van der Waals surface area (Å²) in [5, 5.41) is 21.5. The summed E-state index contributed by atoms with van der Waals surface area (Å²) >= 11 is 0. The van der Waals surface area contributed by atoms with Crippen LogP contribution in [-0.2, 0) is 11.3 Å². The van der Waals surface area contributed by atoms with E-state index in [9.17, 15) is 10.0 Å². The maximum atomic E-state index is 11.6. The third kappa shape index (κ3) is 3.79. The van der Waals surface area contributed by atoms with Crippen molar-refractivity contribution in [2.75, 3.05) is 5.32 Å². The van der Waals surface area contributed by atoms with Crippen LogP contribution in [0.5, 0.6) is 0 Å². The lowest BCUT2D eigenvalue weighted by molar-refractivity contribution is -0.991. The fourth-order valence-electron chi connectivity index (χ4n) is 1.67. The van der Waals surface area contributed by atoms with Crippen LogP contribution in [0, 0.1) is 5.21 Å². The molecule has 6 heteroatoms. The highest BCUT2D eigenvalue weighted by Gasteiger charge is 2.10. The molecule has 2 rings (SSSR count). The van der Waals surface area contributed by atoms with E-state index in [0.717, 1.165) is 0 Å². The second kappa shape index (κ2) is 6.67. The monoisotopic (exact) mass is 274 g/mol. The van der Waals surface area contributed by atoms with E-state index in [1.165, 1.54) is 6.07 Å². The molecule has 0 spiro atoms. The predicted octanol–water partition coefficient (Wildman–Crippen LogP) is 1.84. The lowest BCUT2D eigenvalue weighted by Gasteiger charge is -2.15. The minimum Gasteiger partial charge on any atom is -0.595 e. The largest absolute Gasteiger partial charge is 0.595 e. The molecule has 0 saturated heterocycles. The van der Waals surface area contributed by atoms with E-state index in [4.69, 9.17) is 9.94 Å². The number of amides is 1. The van der Waals surface area contributed by atoms with Crippen molar-refractivity contribution in [2.45, 2.75) is 6.61 Å². The average Bonchev–Trinajstić information content (AvgIpc) is 2.46. The molecule has 3 N–H and O–H groups in total. The molecule has 0 aliphatic carbocycles. The van der Waals surface area contributed by atoms with Crippen molar-refractivity contribution >= 4 is 17.5 Å². The van der Waals surface area contributed by atoms with Gasteiger partial charge in [-0.25, -0.2) is 10.0 Å². The Morgan fingerprint density at radius 2 is 1.80 bits per heavy atom. The van der Waals surface area contributed by atoms with Crippen molar-refractivity contribution in [2.24, 2.45) is 0 Å². The van der Waals surface area contributed by atoms with Crippen LogP contribution >= 0.6 is 0 Å². The van der Waals surface area contributed by atoms with E-state index < -0.39 is 11.3 Å². The van der Waals surface area contributed by atoms with Crippen molar-refractivity contribution in [3.63, 3.8) is 0 Å². The molecule has 0 fully saturated rings. The van der Waals surface area contributed by atoms with E-state index in [1.54, 1.807) is 42.5 Å². The van der Waals surface area contributed by atoms with Crippen LogP contribution in [0.15, 0.2) is 54.6 Å². The number of hydrogen-bond acceptors (Lipinski definition) is 4. The number of hydrogen-bond donors (Lipinski definition) is 3. The zero-order chi connectivity index (χ0) is 14.4. The minimum atomic E-state index is -1.05. The van der Waals surface area contributed by atoms with Gasteiger partial charge in [0.05, 0.1) is 5.56 Å². The normalized spacial score (nSPS) is 11.7. The van der Waals surface area contributed by atoms with Gasteiger partial charge in [0.1, 0.15) is 6.61 Å². The fourth-order valence-corrected chi connectivity index (χ4v) is 1.67. The molecule has 0 aromatic heterocycles. The van der Waals surface area contributed by atoms with Gasteiger partial charge in [-0.2, -0.15) is 5.23 Å². The summed E-state index contributed by atoms with van der Waals surface area (Å²) in [7, 11) is 0. The molecule has 1 unspecified atom stereocenters. The zero-order valence-corrected chi connectivity index (χ0v) is 10.6. The highest BCUT2D eigenvalue weighted by atomic mass is 16.8. The topological polar surface area (TPSA) is 86.1 Å². The second-order valence-electron chi connectivity index (χ2n) is 4.03. The van der Waals surface area contributed by atoms with Gasteiger partial charge in [0.25, 0.3) is 0 Å². The highest BCUT2D eigenvalue weighted by molar-refractivity contribution is 5.84. The SMILES string of the molecule is O=C(Nc1ccccc1)OCc1ccccc1[NH+]([O-])O. The lowest BCUT2D eigenvalue weighted by atomic mass is 10.2. The first kappa shape index (κ1) is 14.0. The third-order valence-corrected chi connectivity index (χ3v) is 2.63. The van der Waals surface area contributed by atoms with E-state index in [0.29, 0.717) is 11.3 Å². The molecular weight excluding hydrogens is 260 g/mol. The molecule has 0 radical (unpaired) electrons. The highest BCUT2D eigenvalue weighted by Crippen LogP contribution is 2.12. The van der Waals surface area contributed by atoms with E-state index in [2.05, 4.69) is 5.32 Å². The van der Waals surface area contributed by atoms with Crippen LogP contribution in [-0.4, -0.2) is 11.3 Å². The van der Waals surface area contributed by atoms with E-state index in [-0.39, 0.29) is 12.3 Å². The molecule has 0 aliphatic rings. The average molecular weight is 274 g/mol. The second-order valence-corrected chi connectivity index (χ2v) is 4.03. The van der Waals surface area contributed by atoms with Gasteiger partial charge in [-0.15, -0.1) is 0 Å². The number of benzene rings is 2. The summed E-state index contributed by atoms with van der Waals surface area (Å²) < 4.78 is 5.01. The Balaban J connectivity index is 1.94. The van der Waals surface area contributed by atoms with Crippen LogP contribution in [0.1, 0.15) is 5.56 Å². The van der Waals surface area contributed by atoms with Gasteiger partial charge in [-0.3, -0.25) is 5.32 Å². The van der Waals surface area contributed by atoms with Crippen LogP contribution in [0.3, 0.4) is 0 Å². The van der Waals surface area contributed by atoms with Crippen LogP contribution in [0.25, 0.3) is 0 Å². The van der Waals surface area contributed by atoms with Gasteiger partial charge in [-0.1, -0.05) is 30.3 Å². The standard InChI is InChI=1S/C14H14N2O4/c17-14(15-12-7-2-1-3-8-12)20-10-11-6-4-5-9-13(11)16(18)19/h1-9,16,18H,10H2,(H,15,17). The molecule has 20 heavy (non-hydrogen) atoms. The molecule has 0 aliphatic heterocycles. The molecular formula is C14H14N2O4. The number of quaternary nitrogens is 1. The summed E-state index contributed by atoms with van der Waals surface area (Å²) in [6.07, 6.45) is -0.628. The smallest absolute Gasteiger partial charge is 0.411 e. The van der Waals surface area contributed by atoms with Gasteiger partial charge in [0.15, 0.2) is 5.69 Å². The first-order valence-corrected chi connectivity index (χ1v) is 5.97. The van der Waals surface area contributed by atoms with Gasteiger partial charge in [0, 0.05) is 11.8 Å². The Hall–Kier alpha value is -2.41. The molecule has 6 nitrogen and oxygen atoms in total. The van der Waals surface area contributed by atoms with E-state index in [1.807, 2.05) is 6.07 Å². The van der Waals surface area contributed by atoms with Crippen LogP contribution in [0.4, 0.5) is 16.2 Å². The van der Waals surface area contributed by atoms with Gasteiger partial charge in [-0.05, 0) is 18.2 Å². The molecule has 2 aromatic rings. The number of carbonyl (C=O) groups is 1. The number of anilines is 1. The molecule has 2 aromatic carbocycles. The maximum absolute atomic E-state index is 11.6. The molecule has 1 atom stereocenters. The summed E-state index contributed by atoms with van der Waals surface area (Å²) in [5.74, 6) is 0. The Labute approximate surface area is 115 Å². The lowest BCUT2D eigenvalue weighted by Crippen LogP contribution is -2.99. The molecule has 104 valence electrons. The number of ether oxygens (including phenoxy) is 1. The molecule has 1 amide bonds. The Morgan fingerprint density at radius 1 is 1.15 bits per heavy atom. The Bertz CT molecular complexity index is 572. The molecule has 0 bridgehead atoms. The summed E-state index contributed by atoms with van der Waals surface area (Å²) in [5.41, 5.74) is 1.19. The summed E-state index contributed by atoms with van der Waals surface area (Å²) in [6, 6.07) is 15.3. The van der Waals surface area contributed by atoms with Crippen molar-refractivity contribution in [1.29, 1.82) is 0 Å². The number of nitrogens with one attached hydrogen (secondary N) is 2. The zero-order valence-electron chi connectivity index (χ0n) is 10.6. The van der Waals surface area contributed by atoms with Crippen molar-refractivity contribution < 1.29 is 20.0 Å². The first-order chi connectivity index (χ1) is 9.66. The third-order valence-electron chi connectivity index (χ3n) is 2.63. The quantitative estimate of drug-likeness (QED) is 0.742. The summed E-state index contributed by atoms with van der Waals surface area (Å²) in [4.78, 5) is 11.6.